The van der Waals surface area contributed by atoms with Gasteiger partial charge in [-0.15, -0.1) is 34.2 Å². The number of aliphatic imine (C=N–C) groups is 1. The highest BCUT2D eigenvalue weighted by atomic mass is 127. The number of ether oxygens (including phenoxy) is 2. The summed E-state index contributed by atoms with van der Waals surface area (Å²) in [5, 5.41) is 15.0. The number of halogens is 1. The zero-order chi connectivity index (χ0) is 21.0. The van der Waals surface area contributed by atoms with Gasteiger partial charge in [0.25, 0.3) is 0 Å². The van der Waals surface area contributed by atoms with Crippen molar-refractivity contribution >= 4 is 29.9 Å². The molecule has 1 unspecified atom stereocenters. The van der Waals surface area contributed by atoms with Gasteiger partial charge >= 0.3 is 0 Å². The van der Waals surface area contributed by atoms with E-state index in [9.17, 15) is 0 Å². The first-order valence-corrected chi connectivity index (χ1v) is 10.9. The number of rotatable bonds is 10. The first-order chi connectivity index (χ1) is 14.8. The van der Waals surface area contributed by atoms with Crippen LogP contribution in [-0.4, -0.2) is 60.2 Å². The van der Waals surface area contributed by atoms with E-state index in [2.05, 4.69) is 44.5 Å². The molecule has 1 aliphatic heterocycles. The second-order valence-corrected chi connectivity index (χ2v) is 7.42. The van der Waals surface area contributed by atoms with E-state index in [0.717, 1.165) is 69.5 Å². The fraction of sp³-hybridized carbons (Fsp3) is 0.591. The molecule has 31 heavy (non-hydrogen) atoms. The van der Waals surface area contributed by atoms with Crippen molar-refractivity contribution in [2.75, 3.05) is 33.4 Å². The molecule has 0 bridgehead atoms. The highest BCUT2D eigenvalue weighted by Crippen LogP contribution is 2.13. The van der Waals surface area contributed by atoms with Crippen molar-refractivity contribution in [2.24, 2.45) is 4.99 Å². The number of nitrogens with one attached hydrogen (secondary N) is 2. The average molecular weight is 542 g/mol. The van der Waals surface area contributed by atoms with Gasteiger partial charge in [0.1, 0.15) is 17.9 Å². The van der Waals surface area contributed by atoms with Crippen LogP contribution in [0, 0.1) is 0 Å². The lowest BCUT2D eigenvalue weighted by Gasteiger charge is -2.21. The third kappa shape index (κ3) is 8.64. The minimum Gasteiger partial charge on any atom is -0.497 e. The molecule has 0 saturated carbocycles. The van der Waals surface area contributed by atoms with Crippen molar-refractivity contribution in [3.05, 3.63) is 42.0 Å². The highest BCUT2D eigenvalue weighted by Gasteiger charge is 2.13. The Labute approximate surface area is 202 Å². The molecule has 1 aliphatic rings. The molecule has 1 fully saturated rings. The number of benzene rings is 1. The number of hydrogen-bond donors (Lipinski definition) is 2. The van der Waals surface area contributed by atoms with E-state index in [1.807, 2.05) is 12.1 Å². The van der Waals surface area contributed by atoms with Crippen LogP contribution in [0.15, 0.2) is 35.6 Å². The number of nitrogens with zero attached hydrogens (tertiary/aromatic N) is 4. The summed E-state index contributed by atoms with van der Waals surface area (Å²) >= 11 is 0. The number of methoxy groups -OCH3 is 1. The Morgan fingerprint density at radius 1 is 1.23 bits per heavy atom. The molecule has 0 radical (unpaired) electrons. The van der Waals surface area contributed by atoms with Crippen LogP contribution >= 0.6 is 24.0 Å². The van der Waals surface area contributed by atoms with Crippen LogP contribution < -0.4 is 15.4 Å². The Balaban J connectivity index is 0.00000341. The zero-order valence-corrected chi connectivity index (χ0v) is 20.9. The zero-order valence-electron chi connectivity index (χ0n) is 18.5. The lowest BCUT2D eigenvalue weighted by atomic mass is 10.1. The molecule has 3 rings (SSSR count). The van der Waals surface area contributed by atoms with Crippen LogP contribution in [0.5, 0.6) is 5.75 Å². The summed E-state index contributed by atoms with van der Waals surface area (Å²) in [6.07, 6.45) is 7.26. The fourth-order valence-corrected chi connectivity index (χ4v) is 3.47. The van der Waals surface area contributed by atoms with Crippen LogP contribution in [0.3, 0.4) is 0 Å². The standard InChI is InChI=1S/C22H34N6O2.HI/c1-3-21-27-26-17-28(21)14-13-24-22(25-16-20-6-4-5-15-30-20)23-12-11-18-7-9-19(29-2)10-8-18;/h7-10,17,20H,3-6,11-16H2,1-2H3,(H2,23,24,25);1H. The van der Waals surface area contributed by atoms with Crippen LogP contribution in [-0.2, 0) is 24.1 Å². The first kappa shape index (κ1) is 25.4. The quantitative estimate of drug-likeness (QED) is 0.273. The second kappa shape index (κ2) is 14.2. The third-order valence-corrected chi connectivity index (χ3v) is 5.25. The van der Waals surface area contributed by atoms with Crippen molar-refractivity contribution in [2.45, 2.75) is 51.7 Å². The van der Waals surface area contributed by atoms with Crippen molar-refractivity contribution in [3.8, 4) is 5.75 Å². The van der Waals surface area contributed by atoms with Crippen molar-refractivity contribution in [1.82, 2.24) is 25.4 Å². The van der Waals surface area contributed by atoms with Gasteiger partial charge in [0, 0.05) is 32.7 Å². The van der Waals surface area contributed by atoms with Crippen molar-refractivity contribution in [1.29, 1.82) is 0 Å². The lowest BCUT2D eigenvalue weighted by molar-refractivity contribution is 0.0224. The molecule has 8 nitrogen and oxygen atoms in total. The van der Waals surface area contributed by atoms with Gasteiger partial charge in [0.2, 0.25) is 0 Å². The van der Waals surface area contributed by atoms with E-state index in [4.69, 9.17) is 14.5 Å². The normalized spacial score (nSPS) is 16.5. The van der Waals surface area contributed by atoms with Gasteiger partial charge < -0.3 is 24.7 Å². The summed E-state index contributed by atoms with van der Waals surface area (Å²) < 4.78 is 13.1. The molecular formula is C22H35IN6O2. The van der Waals surface area contributed by atoms with Gasteiger partial charge in [-0.3, -0.25) is 4.99 Å². The van der Waals surface area contributed by atoms with E-state index >= 15 is 0 Å². The summed E-state index contributed by atoms with van der Waals surface area (Å²) in [5.74, 6) is 2.70. The number of aromatic nitrogens is 3. The molecule has 1 aromatic carbocycles. The maximum Gasteiger partial charge on any atom is 0.191 e. The van der Waals surface area contributed by atoms with Crippen LogP contribution in [0.25, 0.3) is 0 Å². The summed E-state index contributed by atoms with van der Waals surface area (Å²) in [5.41, 5.74) is 1.26. The molecule has 1 saturated heterocycles. The van der Waals surface area contributed by atoms with Crippen LogP contribution in [0.1, 0.15) is 37.6 Å². The molecule has 9 heteroatoms. The topological polar surface area (TPSA) is 85.6 Å². The maximum absolute atomic E-state index is 5.82. The van der Waals surface area contributed by atoms with Crippen LogP contribution in [0.4, 0.5) is 0 Å². The summed E-state index contributed by atoms with van der Waals surface area (Å²) in [6.45, 7) is 5.98. The van der Waals surface area contributed by atoms with Crippen molar-refractivity contribution in [3.63, 3.8) is 0 Å². The van der Waals surface area contributed by atoms with E-state index in [0.29, 0.717) is 6.54 Å². The monoisotopic (exact) mass is 542 g/mol. The molecule has 2 N–H and O–H groups in total. The minimum absolute atomic E-state index is 0. The Morgan fingerprint density at radius 2 is 2.03 bits per heavy atom. The van der Waals surface area contributed by atoms with Crippen molar-refractivity contribution < 1.29 is 9.47 Å². The summed E-state index contributed by atoms with van der Waals surface area (Å²) in [7, 11) is 1.68. The average Bonchev–Trinajstić information content (AvgIpc) is 3.25. The summed E-state index contributed by atoms with van der Waals surface area (Å²) in [6, 6.07) is 8.18. The van der Waals surface area contributed by atoms with Gasteiger partial charge in [-0.1, -0.05) is 19.1 Å². The van der Waals surface area contributed by atoms with E-state index in [-0.39, 0.29) is 30.1 Å². The molecule has 2 aromatic rings. The SMILES string of the molecule is CCc1nncn1CCNC(=NCC1CCCCO1)NCCc1ccc(OC)cc1.I. The van der Waals surface area contributed by atoms with Gasteiger partial charge in [-0.05, 0) is 43.4 Å². The third-order valence-electron chi connectivity index (χ3n) is 5.25. The second-order valence-electron chi connectivity index (χ2n) is 7.42. The molecule has 0 amide bonds. The van der Waals surface area contributed by atoms with Crippen LogP contribution in [0.2, 0.25) is 0 Å². The van der Waals surface area contributed by atoms with Gasteiger partial charge in [-0.25, -0.2) is 0 Å². The van der Waals surface area contributed by atoms with Gasteiger partial charge in [-0.2, -0.15) is 0 Å². The smallest absolute Gasteiger partial charge is 0.191 e. The lowest BCUT2D eigenvalue weighted by Crippen LogP contribution is -2.40. The molecule has 1 atom stereocenters. The van der Waals surface area contributed by atoms with E-state index in [1.165, 1.54) is 12.0 Å². The molecule has 1 aromatic heterocycles. The summed E-state index contributed by atoms with van der Waals surface area (Å²) in [4.78, 5) is 4.78. The molecule has 2 heterocycles. The highest BCUT2D eigenvalue weighted by molar-refractivity contribution is 14.0. The fourth-order valence-electron chi connectivity index (χ4n) is 3.47. The first-order valence-electron chi connectivity index (χ1n) is 10.9. The molecule has 172 valence electrons. The van der Waals surface area contributed by atoms with Gasteiger partial charge in [0.15, 0.2) is 5.96 Å². The maximum atomic E-state index is 5.82. The molecule has 0 spiro atoms. The Kier molecular flexibility index (Phi) is 11.7. The Bertz CT molecular complexity index is 775. The number of aryl methyl sites for hydroxylation is 1. The largest absolute Gasteiger partial charge is 0.497 e. The Hall–Kier alpha value is -1.88. The number of hydrogen-bond acceptors (Lipinski definition) is 5. The minimum atomic E-state index is 0. The number of guanidine groups is 1. The predicted octanol–water partition coefficient (Wildman–Crippen LogP) is 2.81. The van der Waals surface area contributed by atoms with E-state index < -0.39 is 0 Å². The Morgan fingerprint density at radius 3 is 2.74 bits per heavy atom. The van der Waals surface area contributed by atoms with E-state index in [1.54, 1.807) is 13.4 Å². The molecular weight excluding hydrogens is 507 g/mol. The van der Waals surface area contributed by atoms with Gasteiger partial charge in [0.05, 0.1) is 19.8 Å². The molecule has 0 aliphatic carbocycles. The predicted molar refractivity (Wildman–Crippen MR) is 133 cm³/mol.